The smallest absolute Gasteiger partial charge is 0.0470 e. The first-order valence-electron chi connectivity index (χ1n) is 7.14. The largest absolute Gasteiger partial charge is 0.385 e. The van der Waals surface area contributed by atoms with Gasteiger partial charge in [-0.1, -0.05) is 37.6 Å². The molecule has 0 fully saturated rings. The summed E-state index contributed by atoms with van der Waals surface area (Å²) in [6.07, 6.45) is 3.52. The van der Waals surface area contributed by atoms with Crippen LogP contribution in [0.3, 0.4) is 0 Å². The molecule has 3 heteroatoms. The van der Waals surface area contributed by atoms with Gasteiger partial charge in [-0.05, 0) is 36.8 Å². The van der Waals surface area contributed by atoms with Crippen LogP contribution in [0, 0.1) is 0 Å². The molecule has 0 aliphatic carbocycles. The van der Waals surface area contributed by atoms with Crippen LogP contribution >= 0.6 is 11.8 Å². The maximum Gasteiger partial charge on any atom is 0.0470 e. The van der Waals surface area contributed by atoms with Crippen molar-refractivity contribution in [1.82, 2.24) is 5.32 Å². The third-order valence-electron chi connectivity index (χ3n) is 3.19. The lowest BCUT2D eigenvalue weighted by atomic mass is 10.0. The average Bonchev–Trinajstić information content (AvgIpc) is 2.44. The zero-order valence-electron chi connectivity index (χ0n) is 12.4. The van der Waals surface area contributed by atoms with Crippen LogP contribution in [-0.4, -0.2) is 32.3 Å². The number of ether oxygens (including phenoxy) is 1. The number of thioether (sulfide) groups is 1. The quantitative estimate of drug-likeness (QED) is 0.661. The molecule has 0 saturated heterocycles. The van der Waals surface area contributed by atoms with Crippen molar-refractivity contribution in [3.63, 3.8) is 0 Å². The van der Waals surface area contributed by atoms with Crippen molar-refractivity contribution in [2.45, 2.75) is 32.2 Å². The highest BCUT2D eigenvalue weighted by molar-refractivity contribution is 7.99. The summed E-state index contributed by atoms with van der Waals surface area (Å²) in [5.41, 5.74) is 2.83. The fourth-order valence-electron chi connectivity index (χ4n) is 2.06. The molecule has 0 aliphatic heterocycles. The monoisotopic (exact) mass is 281 g/mol. The lowest BCUT2D eigenvalue weighted by Gasteiger charge is -2.16. The molecule has 1 N–H and O–H groups in total. The lowest BCUT2D eigenvalue weighted by molar-refractivity contribution is 0.200. The van der Waals surface area contributed by atoms with Gasteiger partial charge in [-0.3, -0.25) is 0 Å². The summed E-state index contributed by atoms with van der Waals surface area (Å²) in [5, 5.41) is 3.41. The van der Waals surface area contributed by atoms with E-state index in [-0.39, 0.29) is 0 Å². The molecule has 0 bridgehead atoms. The van der Waals surface area contributed by atoms with Gasteiger partial charge < -0.3 is 10.1 Å². The maximum atomic E-state index is 5.07. The SMILES string of the molecule is CCCc1ccc(C(CSCCCOC)NC)cc1. The summed E-state index contributed by atoms with van der Waals surface area (Å²) in [6, 6.07) is 9.50. The van der Waals surface area contributed by atoms with Crippen LogP contribution in [-0.2, 0) is 11.2 Å². The summed E-state index contributed by atoms with van der Waals surface area (Å²) in [6.45, 7) is 3.09. The lowest BCUT2D eigenvalue weighted by Crippen LogP contribution is -2.19. The number of methoxy groups -OCH3 is 1. The minimum atomic E-state index is 0.447. The van der Waals surface area contributed by atoms with E-state index in [2.05, 4.69) is 36.5 Å². The zero-order chi connectivity index (χ0) is 13.9. The Morgan fingerprint density at radius 3 is 2.58 bits per heavy atom. The van der Waals surface area contributed by atoms with Gasteiger partial charge in [-0.25, -0.2) is 0 Å². The van der Waals surface area contributed by atoms with E-state index in [4.69, 9.17) is 4.74 Å². The molecule has 0 aromatic heterocycles. The Morgan fingerprint density at radius 2 is 2.00 bits per heavy atom. The minimum absolute atomic E-state index is 0.447. The molecule has 1 aromatic rings. The van der Waals surface area contributed by atoms with Crippen molar-refractivity contribution in [1.29, 1.82) is 0 Å². The molecular formula is C16H27NOS. The normalized spacial score (nSPS) is 12.6. The van der Waals surface area contributed by atoms with Crippen LogP contribution in [0.25, 0.3) is 0 Å². The zero-order valence-corrected chi connectivity index (χ0v) is 13.3. The number of aryl methyl sites for hydroxylation is 1. The van der Waals surface area contributed by atoms with Crippen LogP contribution in [0.2, 0.25) is 0 Å². The van der Waals surface area contributed by atoms with Crippen LogP contribution in [0.1, 0.15) is 36.9 Å². The van der Waals surface area contributed by atoms with Gasteiger partial charge in [0.15, 0.2) is 0 Å². The van der Waals surface area contributed by atoms with E-state index in [0.29, 0.717) is 6.04 Å². The van der Waals surface area contributed by atoms with Gasteiger partial charge in [0.25, 0.3) is 0 Å². The second kappa shape index (κ2) is 10.3. The predicted octanol–water partition coefficient (Wildman–Crippen LogP) is 3.67. The predicted molar refractivity (Wildman–Crippen MR) is 86.1 cm³/mol. The van der Waals surface area contributed by atoms with Crippen LogP contribution in [0.15, 0.2) is 24.3 Å². The molecule has 0 saturated carbocycles. The molecule has 108 valence electrons. The molecule has 1 unspecified atom stereocenters. The first-order valence-corrected chi connectivity index (χ1v) is 8.30. The van der Waals surface area contributed by atoms with Gasteiger partial charge >= 0.3 is 0 Å². The Labute approximate surface area is 122 Å². The highest BCUT2D eigenvalue weighted by atomic mass is 32.2. The number of benzene rings is 1. The Morgan fingerprint density at radius 1 is 1.26 bits per heavy atom. The minimum Gasteiger partial charge on any atom is -0.385 e. The fraction of sp³-hybridized carbons (Fsp3) is 0.625. The molecule has 0 amide bonds. The maximum absolute atomic E-state index is 5.07. The van der Waals surface area contributed by atoms with Crippen molar-refractivity contribution >= 4 is 11.8 Å². The van der Waals surface area contributed by atoms with E-state index in [9.17, 15) is 0 Å². The van der Waals surface area contributed by atoms with Crippen LogP contribution in [0.4, 0.5) is 0 Å². The van der Waals surface area contributed by atoms with E-state index in [1.807, 2.05) is 18.8 Å². The van der Waals surface area contributed by atoms with Gasteiger partial charge in [-0.15, -0.1) is 0 Å². The molecule has 0 aliphatic rings. The molecule has 1 aromatic carbocycles. The van der Waals surface area contributed by atoms with E-state index >= 15 is 0 Å². The van der Waals surface area contributed by atoms with Gasteiger partial charge in [0, 0.05) is 25.5 Å². The van der Waals surface area contributed by atoms with E-state index in [0.717, 1.165) is 18.8 Å². The number of hydrogen-bond acceptors (Lipinski definition) is 3. The van der Waals surface area contributed by atoms with Crippen molar-refractivity contribution in [2.75, 3.05) is 32.3 Å². The van der Waals surface area contributed by atoms with Gasteiger partial charge in [0.1, 0.15) is 0 Å². The summed E-state index contributed by atoms with van der Waals surface area (Å²) in [5.74, 6) is 2.28. The molecule has 0 radical (unpaired) electrons. The second-order valence-corrected chi connectivity index (χ2v) is 5.90. The Balaban J connectivity index is 2.40. The first kappa shape index (κ1) is 16.5. The first-order chi connectivity index (χ1) is 9.31. The standard InChI is InChI=1S/C16H27NOS/c1-4-6-14-7-9-15(10-8-14)16(17-2)13-19-12-5-11-18-3/h7-10,16-17H,4-6,11-13H2,1-3H3. The second-order valence-electron chi connectivity index (χ2n) is 4.75. The van der Waals surface area contributed by atoms with E-state index in [1.165, 1.54) is 29.7 Å². The molecule has 0 heterocycles. The van der Waals surface area contributed by atoms with Gasteiger partial charge in [0.2, 0.25) is 0 Å². The van der Waals surface area contributed by atoms with Crippen LogP contribution < -0.4 is 5.32 Å². The third kappa shape index (κ3) is 6.46. The number of rotatable bonds is 10. The average molecular weight is 281 g/mol. The van der Waals surface area contributed by atoms with Crippen molar-refractivity contribution < 1.29 is 4.74 Å². The summed E-state index contributed by atoms with van der Waals surface area (Å²) in [7, 11) is 3.80. The summed E-state index contributed by atoms with van der Waals surface area (Å²) >= 11 is 1.99. The molecule has 1 atom stereocenters. The Kier molecular flexibility index (Phi) is 8.97. The Bertz CT molecular complexity index is 326. The van der Waals surface area contributed by atoms with Gasteiger partial charge in [0.05, 0.1) is 0 Å². The summed E-state index contributed by atoms with van der Waals surface area (Å²) < 4.78 is 5.07. The van der Waals surface area contributed by atoms with Crippen molar-refractivity contribution in [3.05, 3.63) is 35.4 Å². The summed E-state index contributed by atoms with van der Waals surface area (Å²) in [4.78, 5) is 0. The third-order valence-corrected chi connectivity index (χ3v) is 4.34. The number of hydrogen-bond donors (Lipinski definition) is 1. The Hall–Kier alpha value is -0.510. The molecular weight excluding hydrogens is 254 g/mol. The molecule has 19 heavy (non-hydrogen) atoms. The van der Waals surface area contributed by atoms with Crippen molar-refractivity contribution in [3.8, 4) is 0 Å². The molecule has 1 rings (SSSR count). The van der Waals surface area contributed by atoms with Crippen LogP contribution in [0.5, 0.6) is 0 Å². The van der Waals surface area contributed by atoms with Gasteiger partial charge in [-0.2, -0.15) is 11.8 Å². The van der Waals surface area contributed by atoms with E-state index < -0.39 is 0 Å². The number of nitrogens with one attached hydrogen (secondary N) is 1. The van der Waals surface area contributed by atoms with Crippen molar-refractivity contribution in [2.24, 2.45) is 0 Å². The highest BCUT2D eigenvalue weighted by Gasteiger charge is 2.08. The fourth-order valence-corrected chi connectivity index (χ4v) is 3.14. The molecule has 0 spiro atoms. The highest BCUT2D eigenvalue weighted by Crippen LogP contribution is 2.19. The topological polar surface area (TPSA) is 21.3 Å². The van der Waals surface area contributed by atoms with E-state index in [1.54, 1.807) is 7.11 Å². The molecule has 2 nitrogen and oxygen atoms in total.